The maximum atomic E-state index is 13.1. The molecular weight excluding hydrogens is 429 g/mol. The standard InChI is InChI=1S/C22H16ClF3N4O/c1-12-5-6-14(22(24,25)26)9-15(12)19-11-20(30(2)29-19)28-21(31)16-10-18-13(8-17(16)23)4-3-7-27-18/h3-11H,1-2H3,(H,28,31). The third-order valence-electron chi connectivity index (χ3n) is 4.90. The number of aromatic nitrogens is 3. The van der Waals surface area contributed by atoms with Crippen LogP contribution < -0.4 is 5.32 Å². The molecule has 0 aliphatic rings. The Bertz CT molecular complexity index is 1310. The Morgan fingerprint density at radius 3 is 2.65 bits per heavy atom. The van der Waals surface area contributed by atoms with Crippen LogP contribution in [0.3, 0.4) is 0 Å². The summed E-state index contributed by atoms with van der Waals surface area (Å²) < 4.78 is 40.7. The number of alkyl halides is 3. The summed E-state index contributed by atoms with van der Waals surface area (Å²) in [6, 6.07) is 11.8. The van der Waals surface area contributed by atoms with Gasteiger partial charge in [0.2, 0.25) is 0 Å². The molecule has 4 rings (SSSR count). The SMILES string of the molecule is Cc1ccc(C(F)(F)F)cc1-c1cc(NC(=O)c2cc3ncccc3cc2Cl)n(C)n1. The Balaban J connectivity index is 1.66. The van der Waals surface area contributed by atoms with Crippen molar-refractivity contribution in [3.63, 3.8) is 0 Å². The Morgan fingerprint density at radius 2 is 1.90 bits per heavy atom. The number of benzene rings is 2. The van der Waals surface area contributed by atoms with Gasteiger partial charge in [0.25, 0.3) is 5.91 Å². The minimum absolute atomic E-state index is 0.228. The monoisotopic (exact) mass is 444 g/mol. The number of halogens is 4. The van der Waals surface area contributed by atoms with Crippen molar-refractivity contribution >= 4 is 34.2 Å². The van der Waals surface area contributed by atoms with Gasteiger partial charge in [-0.05, 0) is 42.8 Å². The number of carbonyl (C=O) groups is 1. The number of rotatable bonds is 3. The smallest absolute Gasteiger partial charge is 0.307 e. The Hall–Kier alpha value is -3.39. The van der Waals surface area contributed by atoms with Gasteiger partial charge >= 0.3 is 6.18 Å². The number of nitrogens with one attached hydrogen (secondary N) is 1. The van der Waals surface area contributed by atoms with E-state index in [1.54, 1.807) is 38.4 Å². The van der Waals surface area contributed by atoms with Gasteiger partial charge in [0.05, 0.1) is 27.4 Å². The summed E-state index contributed by atoms with van der Waals surface area (Å²) in [6.07, 6.45) is -2.85. The van der Waals surface area contributed by atoms with Gasteiger partial charge in [0, 0.05) is 30.3 Å². The van der Waals surface area contributed by atoms with Crippen LogP contribution in [0.5, 0.6) is 0 Å². The molecule has 0 fully saturated rings. The number of carbonyl (C=O) groups excluding carboxylic acids is 1. The van der Waals surface area contributed by atoms with E-state index >= 15 is 0 Å². The van der Waals surface area contributed by atoms with Gasteiger partial charge < -0.3 is 5.32 Å². The van der Waals surface area contributed by atoms with Crippen molar-refractivity contribution in [1.82, 2.24) is 14.8 Å². The van der Waals surface area contributed by atoms with Crippen LogP contribution in [-0.2, 0) is 13.2 Å². The second-order valence-corrected chi connectivity index (χ2v) is 7.46. The zero-order valence-electron chi connectivity index (χ0n) is 16.5. The van der Waals surface area contributed by atoms with E-state index in [0.717, 1.165) is 17.5 Å². The minimum atomic E-state index is -4.46. The van der Waals surface area contributed by atoms with Crippen LogP contribution in [0.4, 0.5) is 19.0 Å². The predicted octanol–water partition coefficient (Wildman–Crippen LogP) is 5.87. The van der Waals surface area contributed by atoms with Gasteiger partial charge in [-0.15, -0.1) is 0 Å². The summed E-state index contributed by atoms with van der Waals surface area (Å²) in [5, 5.41) is 8.04. The van der Waals surface area contributed by atoms with Crippen LogP contribution in [-0.4, -0.2) is 20.7 Å². The average Bonchev–Trinajstić information content (AvgIpc) is 3.06. The van der Waals surface area contributed by atoms with Crippen molar-refractivity contribution in [2.24, 2.45) is 7.05 Å². The summed E-state index contributed by atoms with van der Waals surface area (Å²) in [5.74, 6) is -0.165. The molecule has 0 spiro atoms. The Morgan fingerprint density at radius 1 is 1.13 bits per heavy atom. The molecule has 2 heterocycles. The number of fused-ring (bicyclic) bond motifs is 1. The molecule has 0 unspecified atom stereocenters. The van der Waals surface area contributed by atoms with Crippen molar-refractivity contribution in [3.05, 3.63) is 76.4 Å². The highest BCUT2D eigenvalue weighted by Gasteiger charge is 2.31. The number of pyridine rings is 1. The van der Waals surface area contributed by atoms with Crippen molar-refractivity contribution in [2.45, 2.75) is 13.1 Å². The van der Waals surface area contributed by atoms with Gasteiger partial charge in [-0.2, -0.15) is 18.3 Å². The van der Waals surface area contributed by atoms with E-state index < -0.39 is 17.6 Å². The van der Waals surface area contributed by atoms with Crippen LogP contribution in [0.15, 0.2) is 54.7 Å². The molecule has 2 aromatic carbocycles. The first-order chi connectivity index (χ1) is 14.6. The second kappa shape index (κ2) is 7.70. The molecule has 9 heteroatoms. The van der Waals surface area contributed by atoms with Crippen LogP contribution in [0.2, 0.25) is 5.02 Å². The van der Waals surface area contributed by atoms with E-state index in [1.165, 1.54) is 16.8 Å². The molecule has 1 N–H and O–H groups in total. The van der Waals surface area contributed by atoms with Crippen molar-refractivity contribution < 1.29 is 18.0 Å². The zero-order chi connectivity index (χ0) is 22.3. The highest BCUT2D eigenvalue weighted by atomic mass is 35.5. The van der Waals surface area contributed by atoms with E-state index in [-0.39, 0.29) is 10.6 Å². The zero-order valence-corrected chi connectivity index (χ0v) is 17.2. The van der Waals surface area contributed by atoms with E-state index in [2.05, 4.69) is 15.4 Å². The predicted molar refractivity (Wildman–Crippen MR) is 113 cm³/mol. The minimum Gasteiger partial charge on any atom is -0.307 e. The molecule has 0 bridgehead atoms. The molecule has 0 aliphatic carbocycles. The lowest BCUT2D eigenvalue weighted by molar-refractivity contribution is -0.137. The summed E-state index contributed by atoms with van der Waals surface area (Å²) in [6.45, 7) is 1.70. The first-order valence-corrected chi connectivity index (χ1v) is 9.59. The fourth-order valence-corrected chi connectivity index (χ4v) is 3.50. The average molecular weight is 445 g/mol. The van der Waals surface area contributed by atoms with E-state index in [1.807, 2.05) is 6.07 Å². The van der Waals surface area contributed by atoms with Gasteiger partial charge in [-0.3, -0.25) is 14.5 Å². The number of aryl methyl sites for hydroxylation is 2. The van der Waals surface area contributed by atoms with Gasteiger partial charge in [0.1, 0.15) is 5.82 Å². The summed E-state index contributed by atoms with van der Waals surface area (Å²) in [4.78, 5) is 17.0. The first kappa shape index (κ1) is 20.9. The van der Waals surface area contributed by atoms with Crippen molar-refractivity contribution in [2.75, 3.05) is 5.32 Å². The number of nitrogens with zero attached hydrogens (tertiary/aromatic N) is 3. The number of amides is 1. The number of anilines is 1. The molecular formula is C22H16ClF3N4O. The largest absolute Gasteiger partial charge is 0.416 e. The third-order valence-corrected chi connectivity index (χ3v) is 5.21. The second-order valence-electron chi connectivity index (χ2n) is 7.05. The summed E-state index contributed by atoms with van der Waals surface area (Å²) >= 11 is 6.27. The van der Waals surface area contributed by atoms with Crippen molar-refractivity contribution in [3.8, 4) is 11.3 Å². The topological polar surface area (TPSA) is 59.8 Å². The molecule has 31 heavy (non-hydrogen) atoms. The lowest BCUT2D eigenvalue weighted by Crippen LogP contribution is -2.15. The van der Waals surface area contributed by atoms with Gasteiger partial charge in [0.15, 0.2) is 0 Å². The molecule has 0 aliphatic heterocycles. The molecule has 5 nitrogen and oxygen atoms in total. The van der Waals surface area contributed by atoms with E-state index in [0.29, 0.717) is 28.2 Å². The molecule has 158 valence electrons. The van der Waals surface area contributed by atoms with Crippen molar-refractivity contribution in [1.29, 1.82) is 0 Å². The Labute approximate surface area is 180 Å². The third kappa shape index (κ3) is 4.11. The fourth-order valence-electron chi connectivity index (χ4n) is 3.24. The van der Waals surface area contributed by atoms with Gasteiger partial charge in [-0.1, -0.05) is 23.7 Å². The number of hydrogen-bond acceptors (Lipinski definition) is 3. The normalized spacial score (nSPS) is 11.7. The van der Waals surface area contributed by atoms with Crippen LogP contribution in [0.25, 0.3) is 22.2 Å². The Kier molecular flexibility index (Phi) is 5.18. The first-order valence-electron chi connectivity index (χ1n) is 9.21. The molecule has 1 amide bonds. The maximum Gasteiger partial charge on any atom is 0.416 e. The lowest BCUT2D eigenvalue weighted by atomic mass is 10.0. The van der Waals surface area contributed by atoms with E-state index in [9.17, 15) is 18.0 Å². The maximum absolute atomic E-state index is 13.1. The molecule has 0 radical (unpaired) electrons. The molecule has 4 aromatic rings. The summed E-state index contributed by atoms with van der Waals surface area (Å²) in [5.41, 5.74) is 1.35. The number of hydrogen-bond donors (Lipinski definition) is 1. The molecule has 0 saturated heterocycles. The molecule has 0 atom stereocenters. The highest BCUT2D eigenvalue weighted by molar-refractivity contribution is 6.35. The molecule has 0 saturated carbocycles. The van der Waals surface area contributed by atoms with Gasteiger partial charge in [-0.25, -0.2) is 0 Å². The lowest BCUT2D eigenvalue weighted by Gasteiger charge is -2.09. The van der Waals surface area contributed by atoms with Crippen LogP contribution in [0.1, 0.15) is 21.5 Å². The quantitative estimate of drug-likeness (QED) is 0.430. The van der Waals surface area contributed by atoms with Crippen LogP contribution >= 0.6 is 11.6 Å². The fraction of sp³-hybridized carbons (Fsp3) is 0.136. The summed E-state index contributed by atoms with van der Waals surface area (Å²) in [7, 11) is 1.59. The highest BCUT2D eigenvalue weighted by Crippen LogP contribution is 2.34. The molecule has 2 aromatic heterocycles. The van der Waals surface area contributed by atoms with E-state index in [4.69, 9.17) is 11.6 Å². The van der Waals surface area contributed by atoms with Crippen LogP contribution in [0, 0.1) is 6.92 Å².